The summed E-state index contributed by atoms with van der Waals surface area (Å²) in [7, 11) is 1.61. The number of nitrogens with one attached hydrogen (secondary N) is 1. The van der Waals surface area contributed by atoms with Crippen LogP contribution in [0.2, 0.25) is 0 Å². The summed E-state index contributed by atoms with van der Waals surface area (Å²) in [6.45, 7) is 8.83. The van der Waals surface area contributed by atoms with Crippen LogP contribution in [-0.2, 0) is 22.7 Å². The highest BCUT2D eigenvalue weighted by atomic mass is 16.5. The molecule has 2 aliphatic heterocycles. The molecule has 0 unspecified atom stereocenters. The van der Waals surface area contributed by atoms with E-state index in [-0.39, 0.29) is 17.4 Å². The maximum absolute atomic E-state index is 12.3. The van der Waals surface area contributed by atoms with E-state index in [0.717, 1.165) is 44.7 Å². The van der Waals surface area contributed by atoms with Gasteiger partial charge in [-0.25, -0.2) is 0 Å². The predicted octanol–water partition coefficient (Wildman–Crippen LogP) is 0.476. The number of carbonyl (C=O) groups excluding carboxylic acids is 2. The zero-order chi connectivity index (χ0) is 18.7. The largest absolute Gasteiger partial charge is 0.367 e. The molecule has 3 rings (SSSR count). The van der Waals surface area contributed by atoms with E-state index in [4.69, 9.17) is 4.74 Å². The number of rotatable bonds is 5. The van der Waals surface area contributed by atoms with Crippen molar-refractivity contribution in [2.24, 2.45) is 0 Å². The van der Waals surface area contributed by atoms with Crippen molar-refractivity contribution in [1.29, 1.82) is 0 Å². The number of ether oxygens (including phenoxy) is 1. The summed E-state index contributed by atoms with van der Waals surface area (Å²) in [5.41, 5.74) is 1.13. The van der Waals surface area contributed by atoms with E-state index >= 15 is 0 Å². The van der Waals surface area contributed by atoms with Crippen molar-refractivity contribution in [2.75, 3.05) is 39.8 Å². The first-order valence-corrected chi connectivity index (χ1v) is 9.43. The van der Waals surface area contributed by atoms with E-state index < -0.39 is 0 Å². The van der Waals surface area contributed by atoms with E-state index in [0.29, 0.717) is 25.4 Å². The topological polar surface area (TPSA) is 79.7 Å². The van der Waals surface area contributed by atoms with Gasteiger partial charge in [-0.15, -0.1) is 0 Å². The van der Waals surface area contributed by atoms with Gasteiger partial charge in [0.05, 0.1) is 31.0 Å². The minimum absolute atomic E-state index is 0.175. The average molecular weight is 363 g/mol. The minimum atomic E-state index is -0.242. The molecule has 1 aromatic rings. The Morgan fingerprint density at radius 1 is 1.31 bits per heavy atom. The van der Waals surface area contributed by atoms with Crippen molar-refractivity contribution in [3.63, 3.8) is 0 Å². The van der Waals surface area contributed by atoms with E-state index in [1.165, 1.54) is 0 Å². The second-order valence-corrected chi connectivity index (χ2v) is 7.07. The van der Waals surface area contributed by atoms with Crippen molar-refractivity contribution < 1.29 is 14.3 Å². The SMILES string of the molecule is CCN(CC)C(=O)CN1CCC2(CC1)Cn1nc(C(=O)NC)cc1CO2. The highest BCUT2D eigenvalue weighted by molar-refractivity contribution is 5.92. The molecule has 2 aliphatic rings. The van der Waals surface area contributed by atoms with Gasteiger partial charge in [-0.1, -0.05) is 0 Å². The lowest BCUT2D eigenvalue weighted by Gasteiger charge is -2.43. The molecule has 26 heavy (non-hydrogen) atoms. The fourth-order valence-corrected chi connectivity index (χ4v) is 3.78. The molecule has 0 saturated carbocycles. The lowest BCUT2D eigenvalue weighted by atomic mass is 9.90. The van der Waals surface area contributed by atoms with Crippen LogP contribution >= 0.6 is 0 Å². The number of amides is 2. The molecule has 1 aromatic heterocycles. The van der Waals surface area contributed by atoms with E-state index in [1.54, 1.807) is 13.1 Å². The molecule has 8 heteroatoms. The van der Waals surface area contributed by atoms with Gasteiger partial charge in [-0.3, -0.25) is 19.2 Å². The van der Waals surface area contributed by atoms with E-state index in [9.17, 15) is 9.59 Å². The summed E-state index contributed by atoms with van der Waals surface area (Å²) in [6.07, 6.45) is 1.74. The number of carbonyl (C=O) groups is 2. The first kappa shape index (κ1) is 18.8. The monoisotopic (exact) mass is 363 g/mol. The summed E-state index contributed by atoms with van der Waals surface area (Å²) >= 11 is 0. The number of likely N-dealkylation sites (N-methyl/N-ethyl adjacent to an activating group) is 1. The number of piperidine rings is 1. The highest BCUT2D eigenvalue weighted by Gasteiger charge is 2.40. The zero-order valence-electron chi connectivity index (χ0n) is 16.0. The number of nitrogens with zero attached hydrogens (tertiary/aromatic N) is 4. The molecule has 8 nitrogen and oxygen atoms in total. The highest BCUT2D eigenvalue weighted by Crippen LogP contribution is 2.33. The molecule has 1 saturated heterocycles. The molecule has 0 aromatic carbocycles. The van der Waals surface area contributed by atoms with Crippen LogP contribution in [0.4, 0.5) is 0 Å². The van der Waals surface area contributed by atoms with Crippen molar-refractivity contribution >= 4 is 11.8 Å². The maximum atomic E-state index is 12.3. The molecule has 1 spiro atoms. The number of fused-ring (bicyclic) bond motifs is 1. The summed E-state index contributed by atoms with van der Waals surface area (Å²) in [4.78, 5) is 28.2. The molecule has 144 valence electrons. The summed E-state index contributed by atoms with van der Waals surface area (Å²) < 4.78 is 8.10. The van der Waals surface area contributed by atoms with Gasteiger partial charge in [0.2, 0.25) is 5.91 Å². The van der Waals surface area contributed by atoms with E-state index in [1.807, 2.05) is 23.4 Å². The van der Waals surface area contributed by atoms with Gasteiger partial charge in [0.25, 0.3) is 5.91 Å². The van der Waals surface area contributed by atoms with Gasteiger partial charge in [-0.2, -0.15) is 5.10 Å². The molecule has 0 bridgehead atoms. The van der Waals surface area contributed by atoms with Crippen LogP contribution in [0.25, 0.3) is 0 Å². The smallest absolute Gasteiger partial charge is 0.271 e. The van der Waals surface area contributed by atoms with Crippen LogP contribution in [0.3, 0.4) is 0 Å². The fraction of sp³-hybridized carbons (Fsp3) is 0.722. The van der Waals surface area contributed by atoms with E-state index in [2.05, 4.69) is 15.3 Å². The predicted molar refractivity (Wildman–Crippen MR) is 96.7 cm³/mol. The molecular weight excluding hydrogens is 334 g/mol. The Labute approximate surface area is 154 Å². The van der Waals surface area contributed by atoms with Crippen LogP contribution in [0.15, 0.2) is 6.07 Å². The van der Waals surface area contributed by atoms with Crippen LogP contribution in [0.5, 0.6) is 0 Å². The van der Waals surface area contributed by atoms with Crippen molar-refractivity contribution in [2.45, 2.75) is 45.4 Å². The second kappa shape index (κ2) is 7.75. The first-order chi connectivity index (χ1) is 12.5. The molecule has 0 radical (unpaired) electrons. The number of likely N-dealkylation sites (tertiary alicyclic amines) is 1. The Morgan fingerprint density at radius 3 is 2.62 bits per heavy atom. The first-order valence-electron chi connectivity index (χ1n) is 9.43. The molecule has 0 aliphatic carbocycles. The Hall–Kier alpha value is -1.93. The summed E-state index contributed by atoms with van der Waals surface area (Å²) in [5.74, 6) is 0.0192. The van der Waals surface area contributed by atoms with Crippen LogP contribution in [0.1, 0.15) is 42.9 Å². The third-order valence-electron chi connectivity index (χ3n) is 5.53. The molecule has 3 heterocycles. The Bertz CT molecular complexity index is 660. The molecule has 0 atom stereocenters. The lowest BCUT2D eigenvalue weighted by Crippen LogP contribution is -2.52. The van der Waals surface area contributed by atoms with Crippen LogP contribution in [0, 0.1) is 0 Å². The van der Waals surface area contributed by atoms with Crippen LogP contribution < -0.4 is 5.32 Å². The molecule has 1 N–H and O–H groups in total. The maximum Gasteiger partial charge on any atom is 0.271 e. The van der Waals surface area contributed by atoms with Gasteiger partial charge in [0.15, 0.2) is 5.69 Å². The third kappa shape index (κ3) is 3.76. The van der Waals surface area contributed by atoms with Crippen molar-refractivity contribution in [3.8, 4) is 0 Å². The number of hydrogen-bond acceptors (Lipinski definition) is 5. The van der Waals surface area contributed by atoms with Crippen molar-refractivity contribution in [3.05, 3.63) is 17.5 Å². The zero-order valence-corrected chi connectivity index (χ0v) is 16.0. The van der Waals surface area contributed by atoms with Gasteiger partial charge < -0.3 is 15.0 Å². The number of aromatic nitrogens is 2. The normalized spacial score (nSPS) is 19.2. The molecular formula is C18H29N5O3. The van der Waals surface area contributed by atoms with Crippen molar-refractivity contribution in [1.82, 2.24) is 24.9 Å². The van der Waals surface area contributed by atoms with Gasteiger partial charge >= 0.3 is 0 Å². The fourth-order valence-electron chi connectivity index (χ4n) is 3.78. The van der Waals surface area contributed by atoms with Gasteiger partial charge in [-0.05, 0) is 32.8 Å². The lowest BCUT2D eigenvalue weighted by molar-refractivity contribution is -0.138. The molecule has 2 amide bonds. The van der Waals surface area contributed by atoms with Gasteiger partial charge in [0, 0.05) is 33.2 Å². The third-order valence-corrected chi connectivity index (χ3v) is 5.53. The Morgan fingerprint density at radius 2 is 2.00 bits per heavy atom. The Kier molecular flexibility index (Phi) is 5.62. The molecule has 1 fully saturated rings. The second-order valence-electron chi connectivity index (χ2n) is 7.07. The minimum Gasteiger partial charge on any atom is -0.367 e. The quantitative estimate of drug-likeness (QED) is 0.823. The average Bonchev–Trinajstić information content (AvgIpc) is 3.07. The standard InChI is InChI=1S/C18H29N5O3/c1-4-22(5-2)16(24)11-21-8-6-18(7-9-21)13-23-14(12-26-18)10-15(20-23)17(25)19-3/h10H,4-9,11-13H2,1-3H3,(H,19,25). The Balaban J connectivity index is 1.58. The summed E-state index contributed by atoms with van der Waals surface area (Å²) in [5, 5.41) is 7.04. The number of hydrogen-bond donors (Lipinski definition) is 1. The van der Waals surface area contributed by atoms with Crippen LogP contribution in [-0.4, -0.2) is 76.8 Å². The van der Waals surface area contributed by atoms with Gasteiger partial charge in [0.1, 0.15) is 0 Å². The summed E-state index contributed by atoms with van der Waals surface area (Å²) in [6, 6.07) is 1.80.